The molecule has 1 aromatic rings. The van der Waals surface area contributed by atoms with Crippen LogP contribution in [0.2, 0.25) is 0 Å². The third-order valence-electron chi connectivity index (χ3n) is 3.86. The van der Waals surface area contributed by atoms with Gasteiger partial charge in [0.1, 0.15) is 0 Å². The molecule has 0 aromatic heterocycles. The van der Waals surface area contributed by atoms with Gasteiger partial charge in [0.05, 0.1) is 11.0 Å². The van der Waals surface area contributed by atoms with Gasteiger partial charge in [0.2, 0.25) is 10.0 Å². The van der Waals surface area contributed by atoms with Gasteiger partial charge in [-0.1, -0.05) is 19.1 Å². The molecule has 21 heavy (non-hydrogen) atoms. The number of nitrogens with one attached hydrogen (secondary N) is 1. The predicted octanol–water partition coefficient (Wildman–Crippen LogP) is 1.94. The van der Waals surface area contributed by atoms with Crippen LogP contribution in [0.5, 0.6) is 0 Å². The van der Waals surface area contributed by atoms with Crippen LogP contribution < -0.4 is 10.5 Å². The van der Waals surface area contributed by atoms with Gasteiger partial charge in [0.15, 0.2) is 0 Å². The lowest BCUT2D eigenvalue weighted by Crippen LogP contribution is -2.34. The predicted molar refractivity (Wildman–Crippen MR) is 82.4 cm³/mol. The molecule has 1 heterocycles. The Labute approximate surface area is 126 Å². The zero-order valence-corrected chi connectivity index (χ0v) is 13.2. The van der Waals surface area contributed by atoms with E-state index in [9.17, 15) is 8.42 Å². The van der Waals surface area contributed by atoms with E-state index in [-0.39, 0.29) is 17.0 Å². The quantitative estimate of drug-likeness (QED) is 0.841. The highest BCUT2D eigenvalue weighted by Gasteiger charge is 2.17. The first kappa shape index (κ1) is 16.4. The fraction of sp³-hybridized carbons (Fsp3) is 0.600. The van der Waals surface area contributed by atoms with E-state index in [0.717, 1.165) is 38.0 Å². The van der Waals surface area contributed by atoms with Crippen LogP contribution in [-0.2, 0) is 14.8 Å². The van der Waals surface area contributed by atoms with Gasteiger partial charge < -0.3 is 10.1 Å². The van der Waals surface area contributed by atoms with E-state index < -0.39 is 10.0 Å². The number of hydrogen-bond acceptors (Lipinski definition) is 4. The summed E-state index contributed by atoms with van der Waals surface area (Å²) in [5.74, 6) is 0. The van der Waals surface area contributed by atoms with E-state index in [2.05, 4.69) is 12.2 Å². The lowest BCUT2D eigenvalue weighted by molar-refractivity contribution is 0.0152. The van der Waals surface area contributed by atoms with Crippen LogP contribution in [-0.4, -0.2) is 27.7 Å². The Hall–Kier alpha value is -0.950. The summed E-state index contributed by atoms with van der Waals surface area (Å²) in [5, 5.41) is 8.66. The first-order chi connectivity index (χ1) is 10.0. The molecular formula is C15H24N2O3S. The highest BCUT2D eigenvalue weighted by molar-refractivity contribution is 7.89. The van der Waals surface area contributed by atoms with E-state index in [1.165, 1.54) is 12.5 Å². The molecule has 1 saturated heterocycles. The molecule has 6 heteroatoms. The van der Waals surface area contributed by atoms with Crippen molar-refractivity contribution >= 4 is 10.0 Å². The van der Waals surface area contributed by atoms with Crippen molar-refractivity contribution in [1.82, 2.24) is 5.32 Å². The van der Waals surface area contributed by atoms with E-state index >= 15 is 0 Å². The van der Waals surface area contributed by atoms with Crippen molar-refractivity contribution < 1.29 is 13.2 Å². The second-order valence-corrected chi connectivity index (χ2v) is 7.04. The normalized spacial score (nSPS) is 21.1. The minimum Gasteiger partial charge on any atom is -0.377 e. The van der Waals surface area contributed by atoms with Gasteiger partial charge >= 0.3 is 0 Å². The maximum atomic E-state index is 11.4. The molecule has 0 unspecified atom stereocenters. The molecule has 2 atom stereocenters. The summed E-state index contributed by atoms with van der Waals surface area (Å²) in [6, 6.07) is 6.94. The Morgan fingerprint density at radius 1 is 1.43 bits per heavy atom. The van der Waals surface area contributed by atoms with E-state index in [1.54, 1.807) is 12.1 Å². The maximum Gasteiger partial charge on any atom is 0.238 e. The zero-order chi connectivity index (χ0) is 15.3. The molecule has 2 rings (SSSR count). The average molecular weight is 312 g/mol. The Morgan fingerprint density at radius 2 is 2.24 bits per heavy atom. The molecule has 5 nitrogen and oxygen atoms in total. The van der Waals surface area contributed by atoms with Crippen LogP contribution >= 0.6 is 0 Å². The smallest absolute Gasteiger partial charge is 0.238 e. The van der Waals surface area contributed by atoms with Crippen LogP contribution in [0.25, 0.3) is 0 Å². The topological polar surface area (TPSA) is 81.4 Å². The largest absolute Gasteiger partial charge is 0.377 e. The number of benzene rings is 1. The lowest BCUT2D eigenvalue weighted by atomic mass is 10.0. The van der Waals surface area contributed by atoms with Crippen LogP contribution in [0.3, 0.4) is 0 Å². The summed E-state index contributed by atoms with van der Waals surface area (Å²) in [7, 11) is -3.65. The number of rotatable bonds is 6. The van der Waals surface area contributed by atoms with Crippen molar-refractivity contribution in [3.63, 3.8) is 0 Å². The summed E-state index contributed by atoms with van der Waals surface area (Å²) >= 11 is 0. The minimum absolute atomic E-state index is 0.109. The number of primary sulfonamides is 1. The van der Waals surface area contributed by atoms with Crippen molar-refractivity contribution in [3.05, 3.63) is 29.8 Å². The van der Waals surface area contributed by atoms with Gasteiger partial charge in [0, 0.05) is 19.2 Å². The number of hydrogen-bond donors (Lipinski definition) is 2. The van der Waals surface area contributed by atoms with Crippen LogP contribution in [0.1, 0.15) is 44.2 Å². The Morgan fingerprint density at radius 3 is 2.86 bits per heavy atom. The summed E-state index contributed by atoms with van der Waals surface area (Å²) < 4.78 is 28.6. The van der Waals surface area contributed by atoms with Crippen molar-refractivity contribution in [1.29, 1.82) is 0 Å². The summed E-state index contributed by atoms with van der Waals surface area (Å²) in [6.45, 7) is 3.70. The van der Waals surface area contributed by atoms with E-state index in [1.807, 2.05) is 6.07 Å². The second-order valence-electron chi connectivity index (χ2n) is 5.48. The van der Waals surface area contributed by atoms with E-state index in [0.29, 0.717) is 0 Å². The summed E-state index contributed by atoms with van der Waals surface area (Å²) in [4.78, 5) is 0.161. The Bertz CT molecular complexity index is 554. The van der Waals surface area contributed by atoms with Crippen molar-refractivity contribution in [2.24, 2.45) is 5.14 Å². The first-order valence-corrected chi connectivity index (χ1v) is 9.03. The van der Waals surface area contributed by atoms with Crippen molar-refractivity contribution in [3.8, 4) is 0 Å². The molecule has 1 aliphatic rings. The molecule has 1 aliphatic heterocycles. The Kier molecular flexibility index (Phi) is 5.75. The van der Waals surface area contributed by atoms with Gasteiger partial charge in [-0.2, -0.15) is 0 Å². The molecule has 1 fully saturated rings. The summed E-state index contributed by atoms with van der Waals surface area (Å²) in [6.07, 6.45) is 4.57. The van der Waals surface area contributed by atoms with Crippen LogP contribution in [0, 0.1) is 0 Å². The van der Waals surface area contributed by atoms with Gasteiger partial charge in [-0.25, -0.2) is 13.6 Å². The molecule has 3 N–H and O–H groups in total. The van der Waals surface area contributed by atoms with Crippen LogP contribution in [0.15, 0.2) is 29.2 Å². The SMILES string of the molecule is CC[C@@H](NC[C@H]1CCCCO1)c1cccc(S(N)(=O)=O)c1. The molecule has 0 radical (unpaired) electrons. The molecule has 0 spiro atoms. The number of ether oxygens (including phenoxy) is 1. The van der Waals surface area contributed by atoms with Gasteiger partial charge in [-0.05, 0) is 43.4 Å². The minimum atomic E-state index is -3.65. The highest BCUT2D eigenvalue weighted by atomic mass is 32.2. The van der Waals surface area contributed by atoms with Gasteiger partial charge in [-0.15, -0.1) is 0 Å². The Balaban J connectivity index is 2.03. The standard InChI is InChI=1S/C15H24N2O3S/c1-2-15(17-11-13-7-3-4-9-20-13)12-6-5-8-14(10-12)21(16,18)19/h5-6,8,10,13,15,17H,2-4,7,9,11H2,1H3,(H2,16,18,19)/t13-,15-/m1/s1. The molecule has 118 valence electrons. The zero-order valence-electron chi connectivity index (χ0n) is 12.4. The fourth-order valence-corrected chi connectivity index (χ4v) is 3.22. The third kappa shape index (κ3) is 4.78. The van der Waals surface area contributed by atoms with Gasteiger partial charge in [0.25, 0.3) is 0 Å². The molecule has 0 saturated carbocycles. The molecule has 1 aromatic carbocycles. The molecule has 0 amide bonds. The second kappa shape index (κ2) is 7.35. The number of nitrogens with two attached hydrogens (primary N) is 1. The lowest BCUT2D eigenvalue weighted by Gasteiger charge is -2.26. The third-order valence-corrected chi connectivity index (χ3v) is 4.77. The van der Waals surface area contributed by atoms with Crippen molar-refractivity contribution in [2.45, 2.75) is 49.6 Å². The average Bonchev–Trinajstić information content (AvgIpc) is 2.48. The van der Waals surface area contributed by atoms with Gasteiger partial charge in [-0.3, -0.25) is 0 Å². The monoisotopic (exact) mass is 312 g/mol. The fourth-order valence-electron chi connectivity index (χ4n) is 2.65. The van der Waals surface area contributed by atoms with Crippen molar-refractivity contribution in [2.75, 3.05) is 13.2 Å². The number of sulfonamides is 1. The highest BCUT2D eigenvalue weighted by Crippen LogP contribution is 2.20. The summed E-state index contributed by atoms with van der Waals surface area (Å²) in [5.41, 5.74) is 0.944. The molecular weight excluding hydrogens is 288 g/mol. The first-order valence-electron chi connectivity index (χ1n) is 7.48. The van der Waals surface area contributed by atoms with Crippen LogP contribution in [0.4, 0.5) is 0 Å². The van der Waals surface area contributed by atoms with E-state index in [4.69, 9.17) is 9.88 Å². The maximum absolute atomic E-state index is 11.4. The molecule has 0 bridgehead atoms. The molecule has 0 aliphatic carbocycles.